The molecule has 0 heterocycles. The Bertz CT molecular complexity index is 570. The van der Waals surface area contributed by atoms with Crippen molar-refractivity contribution in [3.05, 3.63) is 64.7 Å². The molecule has 3 heteroatoms. The normalized spacial score (nSPS) is 11.6. The molecule has 0 saturated carbocycles. The number of nitriles is 1. The molecule has 2 nitrogen and oxygen atoms in total. The van der Waals surface area contributed by atoms with Crippen molar-refractivity contribution >= 4 is 17.3 Å². The minimum Gasteiger partial charge on any atom is -0.377 e. The second kappa shape index (κ2) is 5.57. The third-order valence-electron chi connectivity index (χ3n) is 2.79. The SMILES string of the molecule is CC(Nc1ccccc1C#N)c1ccc(Cl)cc1. The highest BCUT2D eigenvalue weighted by Gasteiger charge is 2.07. The monoisotopic (exact) mass is 256 g/mol. The summed E-state index contributed by atoms with van der Waals surface area (Å²) in [6.07, 6.45) is 0. The number of rotatable bonds is 3. The second-order valence-electron chi connectivity index (χ2n) is 4.07. The molecule has 18 heavy (non-hydrogen) atoms. The van der Waals surface area contributed by atoms with Gasteiger partial charge in [0.2, 0.25) is 0 Å². The smallest absolute Gasteiger partial charge is 0.101 e. The standard InChI is InChI=1S/C15H13ClN2/c1-11(12-6-8-14(16)9-7-12)18-15-5-3-2-4-13(15)10-17/h2-9,11,18H,1H3. The van der Waals surface area contributed by atoms with Gasteiger partial charge in [0.05, 0.1) is 11.3 Å². The van der Waals surface area contributed by atoms with Gasteiger partial charge in [0.15, 0.2) is 0 Å². The third kappa shape index (κ3) is 2.82. The Kier molecular flexibility index (Phi) is 3.86. The fraction of sp³-hybridized carbons (Fsp3) is 0.133. The number of nitrogens with zero attached hydrogens (tertiary/aromatic N) is 1. The molecule has 0 fully saturated rings. The Morgan fingerprint density at radius 1 is 1.11 bits per heavy atom. The van der Waals surface area contributed by atoms with Gasteiger partial charge in [-0.1, -0.05) is 35.9 Å². The molecule has 0 amide bonds. The van der Waals surface area contributed by atoms with Crippen LogP contribution < -0.4 is 5.32 Å². The number of anilines is 1. The molecule has 0 aromatic heterocycles. The molecule has 0 bridgehead atoms. The molecule has 90 valence electrons. The molecule has 1 unspecified atom stereocenters. The molecule has 2 rings (SSSR count). The van der Waals surface area contributed by atoms with Crippen LogP contribution in [0.1, 0.15) is 24.1 Å². The zero-order valence-corrected chi connectivity index (χ0v) is 10.8. The maximum Gasteiger partial charge on any atom is 0.101 e. The van der Waals surface area contributed by atoms with Gasteiger partial charge in [0.25, 0.3) is 0 Å². The maximum absolute atomic E-state index is 9.03. The van der Waals surface area contributed by atoms with E-state index in [1.165, 1.54) is 0 Å². The van der Waals surface area contributed by atoms with E-state index < -0.39 is 0 Å². The Balaban J connectivity index is 2.19. The van der Waals surface area contributed by atoms with Crippen LogP contribution in [0.2, 0.25) is 5.02 Å². The molecular formula is C15H13ClN2. The van der Waals surface area contributed by atoms with Crippen molar-refractivity contribution in [2.24, 2.45) is 0 Å². The van der Waals surface area contributed by atoms with Gasteiger partial charge < -0.3 is 5.32 Å². The lowest BCUT2D eigenvalue weighted by atomic mass is 10.1. The largest absolute Gasteiger partial charge is 0.377 e. The molecule has 2 aromatic carbocycles. The fourth-order valence-electron chi connectivity index (χ4n) is 1.77. The van der Waals surface area contributed by atoms with E-state index in [0.29, 0.717) is 5.56 Å². The predicted octanol–water partition coefficient (Wildman–Crippen LogP) is 4.38. The van der Waals surface area contributed by atoms with Crippen molar-refractivity contribution < 1.29 is 0 Å². The third-order valence-corrected chi connectivity index (χ3v) is 3.04. The summed E-state index contributed by atoms with van der Waals surface area (Å²) >= 11 is 5.86. The van der Waals surface area contributed by atoms with Crippen LogP contribution in [0, 0.1) is 11.3 Å². The maximum atomic E-state index is 9.03. The van der Waals surface area contributed by atoms with E-state index in [0.717, 1.165) is 16.3 Å². The number of para-hydroxylation sites is 1. The van der Waals surface area contributed by atoms with Crippen LogP contribution in [0.5, 0.6) is 0 Å². The van der Waals surface area contributed by atoms with Crippen LogP contribution in [0.25, 0.3) is 0 Å². The Morgan fingerprint density at radius 2 is 1.78 bits per heavy atom. The number of hydrogen-bond acceptors (Lipinski definition) is 2. The van der Waals surface area contributed by atoms with E-state index >= 15 is 0 Å². The first-order valence-corrected chi connectivity index (χ1v) is 6.09. The lowest BCUT2D eigenvalue weighted by Crippen LogP contribution is -2.07. The lowest BCUT2D eigenvalue weighted by Gasteiger charge is -2.16. The highest BCUT2D eigenvalue weighted by molar-refractivity contribution is 6.30. The van der Waals surface area contributed by atoms with Crippen molar-refractivity contribution in [1.29, 1.82) is 5.26 Å². The Hall–Kier alpha value is -1.98. The molecule has 1 N–H and O–H groups in total. The van der Waals surface area contributed by atoms with Crippen LogP contribution in [-0.4, -0.2) is 0 Å². The van der Waals surface area contributed by atoms with Gasteiger partial charge in [-0.05, 0) is 36.8 Å². The van der Waals surface area contributed by atoms with Gasteiger partial charge in [-0.3, -0.25) is 0 Å². The predicted molar refractivity (Wildman–Crippen MR) is 74.6 cm³/mol. The highest BCUT2D eigenvalue weighted by atomic mass is 35.5. The Labute approximate surface area is 112 Å². The van der Waals surface area contributed by atoms with Gasteiger partial charge >= 0.3 is 0 Å². The average Bonchev–Trinajstić information content (AvgIpc) is 2.40. The first-order valence-electron chi connectivity index (χ1n) is 5.72. The average molecular weight is 257 g/mol. The van der Waals surface area contributed by atoms with Gasteiger partial charge in [-0.2, -0.15) is 5.26 Å². The molecule has 0 aliphatic heterocycles. The summed E-state index contributed by atoms with van der Waals surface area (Å²) < 4.78 is 0. The molecule has 0 saturated heterocycles. The van der Waals surface area contributed by atoms with E-state index in [2.05, 4.69) is 18.3 Å². The van der Waals surface area contributed by atoms with Crippen molar-refractivity contribution in [3.63, 3.8) is 0 Å². The van der Waals surface area contributed by atoms with Crippen molar-refractivity contribution in [2.45, 2.75) is 13.0 Å². The molecule has 1 atom stereocenters. The summed E-state index contributed by atoms with van der Waals surface area (Å²) in [6, 6.07) is 17.5. The quantitative estimate of drug-likeness (QED) is 0.884. The molecule has 0 spiro atoms. The van der Waals surface area contributed by atoms with Crippen molar-refractivity contribution in [3.8, 4) is 6.07 Å². The zero-order valence-electron chi connectivity index (χ0n) is 10.0. The summed E-state index contributed by atoms with van der Waals surface area (Å²) in [7, 11) is 0. The number of hydrogen-bond donors (Lipinski definition) is 1. The summed E-state index contributed by atoms with van der Waals surface area (Å²) in [5.74, 6) is 0. The molecule has 0 radical (unpaired) electrons. The van der Waals surface area contributed by atoms with Crippen LogP contribution in [0.15, 0.2) is 48.5 Å². The van der Waals surface area contributed by atoms with Gasteiger partial charge in [0.1, 0.15) is 6.07 Å². The van der Waals surface area contributed by atoms with Gasteiger partial charge in [-0.25, -0.2) is 0 Å². The van der Waals surface area contributed by atoms with E-state index in [-0.39, 0.29) is 6.04 Å². The van der Waals surface area contributed by atoms with E-state index in [1.807, 2.05) is 42.5 Å². The molecular weight excluding hydrogens is 244 g/mol. The summed E-state index contributed by atoms with van der Waals surface area (Å²) in [5.41, 5.74) is 2.63. The van der Waals surface area contributed by atoms with Crippen LogP contribution >= 0.6 is 11.6 Å². The zero-order chi connectivity index (χ0) is 13.0. The Morgan fingerprint density at radius 3 is 2.44 bits per heavy atom. The second-order valence-corrected chi connectivity index (χ2v) is 4.51. The van der Waals surface area contributed by atoms with Gasteiger partial charge in [0, 0.05) is 11.1 Å². The van der Waals surface area contributed by atoms with E-state index in [4.69, 9.17) is 16.9 Å². The van der Waals surface area contributed by atoms with Crippen molar-refractivity contribution in [2.75, 3.05) is 5.32 Å². The van der Waals surface area contributed by atoms with Crippen LogP contribution in [0.3, 0.4) is 0 Å². The molecule has 0 aliphatic rings. The number of halogens is 1. The molecule has 0 aliphatic carbocycles. The number of nitrogens with one attached hydrogen (secondary N) is 1. The first-order chi connectivity index (χ1) is 8.70. The summed E-state index contributed by atoms with van der Waals surface area (Å²) in [4.78, 5) is 0. The van der Waals surface area contributed by atoms with Gasteiger partial charge in [-0.15, -0.1) is 0 Å². The first kappa shape index (κ1) is 12.5. The van der Waals surface area contributed by atoms with E-state index in [1.54, 1.807) is 6.07 Å². The highest BCUT2D eigenvalue weighted by Crippen LogP contribution is 2.22. The minimum absolute atomic E-state index is 0.122. The minimum atomic E-state index is 0.122. The number of benzene rings is 2. The summed E-state index contributed by atoms with van der Waals surface area (Å²) in [5, 5.41) is 13.1. The van der Waals surface area contributed by atoms with Crippen LogP contribution in [0.4, 0.5) is 5.69 Å². The lowest BCUT2D eigenvalue weighted by molar-refractivity contribution is 0.884. The van der Waals surface area contributed by atoms with Crippen molar-refractivity contribution in [1.82, 2.24) is 0 Å². The van der Waals surface area contributed by atoms with Crippen LogP contribution in [-0.2, 0) is 0 Å². The molecule has 2 aromatic rings. The van der Waals surface area contributed by atoms with E-state index in [9.17, 15) is 0 Å². The fourth-order valence-corrected chi connectivity index (χ4v) is 1.90. The summed E-state index contributed by atoms with van der Waals surface area (Å²) in [6.45, 7) is 2.05. The topological polar surface area (TPSA) is 35.8 Å².